The molecule has 0 saturated carbocycles. The number of halogens is 1. The molecule has 0 aliphatic carbocycles. The lowest BCUT2D eigenvalue weighted by Crippen LogP contribution is -2.30. The minimum Gasteiger partial charge on any atom is -0.484 e. The van der Waals surface area contributed by atoms with Gasteiger partial charge >= 0.3 is 0 Å². The third-order valence-electron chi connectivity index (χ3n) is 5.30. The monoisotopic (exact) mass is 441 g/mol. The Morgan fingerprint density at radius 1 is 1.03 bits per heavy atom. The van der Waals surface area contributed by atoms with Crippen molar-refractivity contribution in [1.29, 1.82) is 0 Å². The molecule has 6 heteroatoms. The van der Waals surface area contributed by atoms with Crippen molar-refractivity contribution in [3.8, 4) is 5.75 Å². The average Bonchev–Trinajstić information content (AvgIpc) is 3.13. The second kappa shape index (κ2) is 12.4. The second-order valence-corrected chi connectivity index (χ2v) is 8.22. The number of carbonyl (C=O) groups excluding carboxylic acids is 1. The summed E-state index contributed by atoms with van der Waals surface area (Å²) in [6.07, 6.45) is 7.96. The van der Waals surface area contributed by atoms with Crippen molar-refractivity contribution in [2.45, 2.75) is 58.4 Å². The second-order valence-electron chi connectivity index (χ2n) is 7.78. The highest BCUT2D eigenvalue weighted by atomic mass is 35.5. The zero-order valence-electron chi connectivity index (χ0n) is 18.3. The SMILES string of the molecule is CCCCCCCn1c(CCCNC(=O)COc2ccc(Cl)cc2)nc2ccccc21. The standard InChI is InChI=1S/C25H32ClN3O2/c1-2-3-4-5-8-18-29-23-11-7-6-10-22(23)28-24(29)12-9-17-27-25(30)19-31-21-15-13-20(26)14-16-21/h6-7,10-11,13-16H,2-5,8-9,12,17-19H2,1H3,(H,27,30). The number of aryl methyl sites for hydroxylation is 2. The Morgan fingerprint density at radius 2 is 1.81 bits per heavy atom. The molecule has 0 aliphatic heterocycles. The Labute approximate surface area is 189 Å². The van der Waals surface area contributed by atoms with E-state index in [0.717, 1.165) is 30.7 Å². The zero-order chi connectivity index (χ0) is 21.9. The molecule has 1 amide bonds. The van der Waals surface area contributed by atoms with Gasteiger partial charge in [0.15, 0.2) is 6.61 Å². The molecule has 1 heterocycles. The maximum Gasteiger partial charge on any atom is 0.257 e. The predicted molar refractivity (Wildman–Crippen MR) is 127 cm³/mol. The van der Waals surface area contributed by atoms with Crippen LogP contribution in [-0.2, 0) is 17.8 Å². The van der Waals surface area contributed by atoms with Gasteiger partial charge in [0.2, 0.25) is 0 Å². The largest absolute Gasteiger partial charge is 0.484 e. The van der Waals surface area contributed by atoms with E-state index in [1.807, 2.05) is 6.07 Å². The molecule has 0 radical (unpaired) electrons. The van der Waals surface area contributed by atoms with Crippen LogP contribution in [-0.4, -0.2) is 28.6 Å². The van der Waals surface area contributed by atoms with E-state index in [0.29, 0.717) is 17.3 Å². The van der Waals surface area contributed by atoms with Crippen LogP contribution in [0.5, 0.6) is 5.75 Å². The van der Waals surface area contributed by atoms with Gasteiger partial charge < -0.3 is 14.6 Å². The molecule has 0 bridgehead atoms. The van der Waals surface area contributed by atoms with Gasteiger partial charge in [-0.15, -0.1) is 0 Å². The number of para-hydroxylation sites is 2. The number of amides is 1. The number of nitrogens with zero attached hydrogens (tertiary/aromatic N) is 2. The third-order valence-corrected chi connectivity index (χ3v) is 5.55. The highest BCUT2D eigenvalue weighted by Crippen LogP contribution is 2.19. The molecule has 0 fully saturated rings. The molecule has 5 nitrogen and oxygen atoms in total. The topological polar surface area (TPSA) is 56.2 Å². The summed E-state index contributed by atoms with van der Waals surface area (Å²) in [7, 11) is 0. The molecule has 0 unspecified atom stereocenters. The molecule has 0 spiro atoms. The van der Waals surface area contributed by atoms with Gasteiger partial charge in [0.05, 0.1) is 11.0 Å². The molecule has 31 heavy (non-hydrogen) atoms. The summed E-state index contributed by atoms with van der Waals surface area (Å²) >= 11 is 5.85. The summed E-state index contributed by atoms with van der Waals surface area (Å²) in [6.45, 7) is 3.84. The Kier molecular flexibility index (Phi) is 9.22. The molecular formula is C25H32ClN3O2. The van der Waals surface area contributed by atoms with Crippen LogP contribution < -0.4 is 10.1 Å². The van der Waals surface area contributed by atoms with Crippen LogP contribution in [0.15, 0.2) is 48.5 Å². The van der Waals surface area contributed by atoms with Crippen molar-refractivity contribution in [2.75, 3.05) is 13.2 Å². The van der Waals surface area contributed by atoms with Crippen LogP contribution in [0.2, 0.25) is 5.02 Å². The van der Waals surface area contributed by atoms with Crippen molar-refractivity contribution in [3.05, 3.63) is 59.4 Å². The molecule has 3 aromatic rings. The normalized spacial score (nSPS) is 11.0. The minimum absolute atomic E-state index is 0.00208. The molecule has 1 aromatic heterocycles. The number of hydrogen-bond acceptors (Lipinski definition) is 3. The van der Waals surface area contributed by atoms with E-state index in [4.69, 9.17) is 21.3 Å². The first-order chi connectivity index (χ1) is 15.2. The maximum absolute atomic E-state index is 12.0. The maximum atomic E-state index is 12.0. The summed E-state index contributed by atoms with van der Waals surface area (Å²) < 4.78 is 7.84. The number of hydrogen-bond donors (Lipinski definition) is 1. The van der Waals surface area contributed by atoms with E-state index >= 15 is 0 Å². The smallest absolute Gasteiger partial charge is 0.257 e. The molecule has 3 rings (SSSR count). The number of carbonyl (C=O) groups is 1. The fourth-order valence-electron chi connectivity index (χ4n) is 3.64. The van der Waals surface area contributed by atoms with Gasteiger partial charge in [0.25, 0.3) is 5.91 Å². The molecule has 166 valence electrons. The Hall–Kier alpha value is -2.53. The van der Waals surface area contributed by atoms with Gasteiger partial charge in [0, 0.05) is 24.5 Å². The summed E-state index contributed by atoms with van der Waals surface area (Å²) in [5.74, 6) is 1.61. The van der Waals surface area contributed by atoms with Gasteiger partial charge in [-0.1, -0.05) is 56.3 Å². The van der Waals surface area contributed by atoms with Crippen LogP contribution >= 0.6 is 11.6 Å². The number of unbranched alkanes of at least 4 members (excludes halogenated alkanes) is 4. The summed E-state index contributed by atoms with van der Waals surface area (Å²) in [5, 5.41) is 3.57. The third kappa shape index (κ3) is 7.28. The number of benzene rings is 2. The lowest BCUT2D eigenvalue weighted by Gasteiger charge is -2.10. The van der Waals surface area contributed by atoms with E-state index in [-0.39, 0.29) is 12.5 Å². The zero-order valence-corrected chi connectivity index (χ0v) is 19.0. The Bertz CT molecular complexity index is 953. The van der Waals surface area contributed by atoms with E-state index in [1.165, 1.54) is 37.6 Å². The Balaban J connectivity index is 1.45. The number of aromatic nitrogens is 2. The van der Waals surface area contributed by atoms with E-state index in [9.17, 15) is 4.79 Å². The Morgan fingerprint density at radius 3 is 2.61 bits per heavy atom. The summed E-state index contributed by atoms with van der Waals surface area (Å²) in [6, 6.07) is 15.3. The van der Waals surface area contributed by atoms with Crippen molar-refractivity contribution in [3.63, 3.8) is 0 Å². The minimum atomic E-state index is -0.126. The number of fused-ring (bicyclic) bond motifs is 1. The van der Waals surface area contributed by atoms with E-state index < -0.39 is 0 Å². The number of ether oxygens (including phenoxy) is 1. The van der Waals surface area contributed by atoms with Crippen LogP contribution in [0.3, 0.4) is 0 Å². The highest BCUT2D eigenvalue weighted by Gasteiger charge is 2.10. The molecule has 2 aromatic carbocycles. The van der Waals surface area contributed by atoms with Gasteiger partial charge in [-0.3, -0.25) is 4.79 Å². The van der Waals surface area contributed by atoms with E-state index in [1.54, 1.807) is 24.3 Å². The lowest BCUT2D eigenvalue weighted by molar-refractivity contribution is -0.123. The summed E-state index contributed by atoms with van der Waals surface area (Å²) in [5.41, 5.74) is 2.25. The van der Waals surface area contributed by atoms with Crippen molar-refractivity contribution >= 4 is 28.5 Å². The molecular weight excluding hydrogens is 410 g/mol. The van der Waals surface area contributed by atoms with Gasteiger partial charge in [-0.25, -0.2) is 4.98 Å². The number of imidazole rings is 1. The van der Waals surface area contributed by atoms with Gasteiger partial charge in [-0.2, -0.15) is 0 Å². The quantitative estimate of drug-likeness (QED) is 0.341. The van der Waals surface area contributed by atoms with E-state index in [2.05, 4.69) is 35.0 Å². The van der Waals surface area contributed by atoms with Gasteiger partial charge in [-0.05, 0) is 49.2 Å². The van der Waals surface area contributed by atoms with Crippen molar-refractivity contribution in [2.24, 2.45) is 0 Å². The fourth-order valence-corrected chi connectivity index (χ4v) is 3.77. The first-order valence-corrected chi connectivity index (χ1v) is 11.6. The predicted octanol–water partition coefficient (Wildman–Crippen LogP) is 5.79. The van der Waals surface area contributed by atoms with Crippen molar-refractivity contribution < 1.29 is 9.53 Å². The molecule has 0 aliphatic rings. The molecule has 1 N–H and O–H groups in total. The van der Waals surface area contributed by atoms with Crippen LogP contribution in [0.25, 0.3) is 11.0 Å². The van der Waals surface area contributed by atoms with Crippen LogP contribution in [0, 0.1) is 0 Å². The van der Waals surface area contributed by atoms with Gasteiger partial charge in [0.1, 0.15) is 11.6 Å². The number of rotatable bonds is 13. The summed E-state index contributed by atoms with van der Waals surface area (Å²) in [4.78, 5) is 16.9. The molecule has 0 saturated heterocycles. The highest BCUT2D eigenvalue weighted by molar-refractivity contribution is 6.30. The first kappa shape index (κ1) is 23.1. The van der Waals surface area contributed by atoms with Crippen LogP contribution in [0.4, 0.5) is 0 Å². The van der Waals surface area contributed by atoms with Crippen LogP contribution in [0.1, 0.15) is 51.3 Å². The number of nitrogens with one attached hydrogen (secondary N) is 1. The fraction of sp³-hybridized carbons (Fsp3) is 0.440. The molecule has 0 atom stereocenters. The average molecular weight is 442 g/mol. The van der Waals surface area contributed by atoms with Crippen molar-refractivity contribution in [1.82, 2.24) is 14.9 Å². The first-order valence-electron chi connectivity index (χ1n) is 11.3. The lowest BCUT2D eigenvalue weighted by atomic mass is 10.1.